The molecule has 0 aromatic heterocycles. The molecule has 0 aromatic carbocycles. The number of rotatable bonds is 5. The van der Waals surface area contributed by atoms with Crippen molar-refractivity contribution in [2.24, 2.45) is 0 Å². The Bertz CT molecular complexity index is 339. The van der Waals surface area contributed by atoms with Gasteiger partial charge in [0.05, 0.1) is 0 Å². The highest BCUT2D eigenvalue weighted by atomic mass is 32.2. The molecule has 1 atom stereocenters. The summed E-state index contributed by atoms with van der Waals surface area (Å²) in [4.78, 5) is 0. The van der Waals surface area contributed by atoms with Crippen molar-refractivity contribution in [1.82, 2.24) is 8.61 Å². The SMILES string of the molecule is O=S(=O)(N1CCCC1)N1CCCC1CCCO. The van der Waals surface area contributed by atoms with Crippen molar-refractivity contribution >= 4 is 10.2 Å². The molecule has 0 aliphatic carbocycles. The smallest absolute Gasteiger partial charge is 0.282 e. The fourth-order valence-corrected chi connectivity index (χ4v) is 4.76. The van der Waals surface area contributed by atoms with Gasteiger partial charge >= 0.3 is 0 Å². The molecule has 1 N–H and O–H groups in total. The third-order valence-electron chi connectivity index (χ3n) is 3.71. The Balaban J connectivity index is 2.03. The minimum absolute atomic E-state index is 0.104. The van der Waals surface area contributed by atoms with Gasteiger partial charge in [0.25, 0.3) is 10.2 Å². The zero-order valence-electron chi connectivity index (χ0n) is 10.2. The Hall–Kier alpha value is -0.170. The Morgan fingerprint density at radius 1 is 1.12 bits per heavy atom. The van der Waals surface area contributed by atoms with Gasteiger partial charge in [-0.1, -0.05) is 0 Å². The molecule has 0 saturated carbocycles. The van der Waals surface area contributed by atoms with Gasteiger partial charge in [-0.15, -0.1) is 0 Å². The summed E-state index contributed by atoms with van der Waals surface area (Å²) in [6, 6.07) is 0.104. The van der Waals surface area contributed by atoms with E-state index >= 15 is 0 Å². The van der Waals surface area contributed by atoms with Crippen LogP contribution in [0.5, 0.6) is 0 Å². The molecule has 2 fully saturated rings. The first-order valence-corrected chi connectivity index (χ1v) is 7.94. The lowest BCUT2D eigenvalue weighted by molar-refractivity contribution is 0.260. The van der Waals surface area contributed by atoms with E-state index in [4.69, 9.17) is 5.11 Å². The molecule has 17 heavy (non-hydrogen) atoms. The first kappa shape index (κ1) is 13.3. The highest BCUT2D eigenvalue weighted by Gasteiger charge is 2.38. The minimum atomic E-state index is -3.23. The van der Waals surface area contributed by atoms with E-state index in [1.807, 2.05) is 0 Å². The van der Waals surface area contributed by atoms with Crippen molar-refractivity contribution in [3.05, 3.63) is 0 Å². The second-order valence-electron chi connectivity index (χ2n) is 4.89. The van der Waals surface area contributed by atoms with E-state index in [1.54, 1.807) is 8.61 Å². The lowest BCUT2D eigenvalue weighted by Gasteiger charge is -2.28. The quantitative estimate of drug-likeness (QED) is 0.787. The summed E-state index contributed by atoms with van der Waals surface area (Å²) in [5.74, 6) is 0. The van der Waals surface area contributed by atoms with Crippen molar-refractivity contribution in [3.63, 3.8) is 0 Å². The fraction of sp³-hybridized carbons (Fsp3) is 1.00. The van der Waals surface area contributed by atoms with Gasteiger partial charge < -0.3 is 5.11 Å². The van der Waals surface area contributed by atoms with Gasteiger partial charge in [-0.05, 0) is 38.5 Å². The van der Waals surface area contributed by atoms with E-state index in [9.17, 15) is 8.42 Å². The zero-order valence-corrected chi connectivity index (χ0v) is 11.0. The summed E-state index contributed by atoms with van der Waals surface area (Å²) in [6.45, 7) is 2.14. The molecule has 6 heteroatoms. The van der Waals surface area contributed by atoms with E-state index in [0.29, 0.717) is 26.1 Å². The van der Waals surface area contributed by atoms with Gasteiger partial charge in [-0.2, -0.15) is 17.0 Å². The third-order valence-corrected chi connectivity index (χ3v) is 5.80. The molecule has 2 aliphatic heterocycles. The predicted molar refractivity (Wildman–Crippen MR) is 65.8 cm³/mol. The first-order valence-electron chi connectivity index (χ1n) is 6.54. The number of hydrogen-bond acceptors (Lipinski definition) is 3. The van der Waals surface area contributed by atoms with E-state index in [0.717, 1.165) is 32.1 Å². The molecule has 2 aliphatic rings. The normalized spacial score (nSPS) is 27.9. The molecule has 0 spiro atoms. The first-order chi connectivity index (χ1) is 8.16. The van der Waals surface area contributed by atoms with Crippen LogP contribution in [-0.2, 0) is 10.2 Å². The van der Waals surface area contributed by atoms with Gasteiger partial charge in [0.2, 0.25) is 0 Å². The highest BCUT2D eigenvalue weighted by molar-refractivity contribution is 7.86. The zero-order chi connectivity index (χ0) is 12.3. The molecule has 5 nitrogen and oxygen atoms in total. The van der Waals surface area contributed by atoms with E-state index in [-0.39, 0.29) is 12.6 Å². The predicted octanol–water partition coefficient (Wildman–Crippen LogP) is 0.564. The van der Waals surface area contributed by atoms with E-state index in [2.05, 4.69) is 0 Å². The van der Waals surface area contributed by atoms with Crippen LogP contribution >= 0.6 is 0 Å². The Kier molecular flexibility index (Phi) is 4.41. The topological polar surface area (TPSA) is 60.9 Å². The molecule has 2 saturated heterocycles. The molecule has 0 amide bonds. The van der Waals surface area contributed by atoms with Crippen molar-refractivity contribution in [2.75, 3.05) is 26.2 Å². The number of hydrogen-bond donors (Lipinski definition) is 1. The minimum Gasteiger partial charge on any atom is -0.396 e. The van der Waals surface area contributed by atoms with Crippen molar-refractivity contribution in [1.29, 1.82) is 0 Å². The Labute approximate surface area is 104 Å². The van der Waals surface area contributed by atoms with Gasteiger partial charge in [-0.25, -0.2) is 0 Å². The van der Waals surface area contributed by atoms with Crippen LogP contribution in [0.4, 0.5) is 0 Å². The van der Waals surface area contributed by atoms with E-state index < -0.39 is 10.2 Å². The molecule has 0 radical (unpaired) electrons. The average molecular weight is 262 g/mol. The van der Waals surface area contributed by atoms with Gasteiger partial charge in [0.1, 0.15) is 0 Å². The van der Waals surface area contributed by atoms with Crippen LogP contribution in [0.15, 0.2) is 0 Å². The molecular weight excluding hydrogens is 240 g/mol. The Morgan fingerprint density at radius 3 is 2.47 bits per heavy atom. The van der Waals surface area contributed by atoms with Crippen LogP contribution in [-0.4, -0.2) is 54.4 Å². The third kappa shape index (κ3) is 2.81. The maximum absolute atomic E-state index is 12.4. The summed E-state index contributed by atoms with van der Waals surface area (Å²) in [5, 5.41) is 8.85. The molecule has 2 rings (SSSR count). The van der Waals surface area contributed by atoms with E-state index in [1.165, 1.54) is 0 Å². The van der Waals surface area contributed by atoms with Gasteiger partial charge in [0.15, 0.2) is 0 Å². The molecule has 0 bridgehead atoms. The maximum atomic E-state index is 12.4. The second kappa shape index (κ2) is 5.65. The van der Waals surface area contributed by atoms with Crippen molar-refractivity contribution < 1.29 is 13.5 Å². The fourth-order valence-electron chi connectivity index (χ4n) is 2.80. The standard InChI is InChI=1S/C11H22N2O3S/c14-10-4-6-11-5-3-9-13(11)17(15,16)12-7-1-2-8-12/h11,14H,1-10H2. The van der Waals surface area contributed by atoms with Gasteiger partial charge in [-0.3, -0.25) is 0 Å². The lowest BCUT2D eigenvalue weighted by Crippen LogP contribution is -2.44. The van der Waals surface area contributed by atoms with Crippen molar-refractivity contribution in [3.8, 4) is 0 Å². The lowest BCUT2D eigenvalue weighted by atomic mass is 10.1. The number of aliphatic hydroxyl groups is 1. The molecular formula is C11H22N2O3S. The summed E-state index contributed by atoms with van der Waals surface area (Å²) in [5.41, 5.74) is 0. The number of nitrogens with zero attached hydrogens (tertiary/aromatic N) is 2. The Morgan fingerprint density at radius 2 is 1.82 bits per heavy atom. The molecule has 100 valence electrons. The van der Waals surface area contributed by atoms with Crippen LogP contribution in [0.25, 0.3) is 0 Å². The monoisotopic (exact) mass is 262 g/mol. The van der Waals surface area contributed by atoms with Crippen LogP contribution in [0.2, 0.25) is 0 Å². The molecule has 0 aromatic rings. The summed E-state index contributed by atoms with van der Waals surface area (Å²) in [7, 11) is -3.23. The van der Waals surface area contributed by atoms with Crippen LogP contribution in [0.1, 0.15) is 38.5 Å². The maximum Gasteiger partial charge on any atom is 0.282 e. The van der Waals surface area contributed by atoms with Gasteiger partial charge in [0, 0.05) is 32.3 Å². The second-order valence-corrected chi connectivity index (χ2v) is 6.77. The number of aliphatic hydroxyl groups excluding tert-OH is 1. The summed E-state index contributed by atoms with van der Waals surface area (Å²) < 4.78 is 28.1. The molecule has 2 heterocycles. The van der Waals surface area contributed by atoms with Crippen LogP contribution in [0.3, 0.4) is 0 Å². The summed E-state index contributed by atoms with van der Waals surface area (Å²) >= 11 is 0. The summed E-state index contributed by atoms with van der Waals surface area (Å²) in [6.07, 6.45) is 5.32. The highest BCUT2D eigenvalue weighted by Crippen LogP contribution is 2.27. The van der Waals surface area contributed by atoms with Crippen LogP contribution < -0.4 is 0 Å². The average Bonchev–Trinajstić information content (AvgIpc) is 2.97. The largest absolute Gasteiger partial charge is 0.396 e. The molecule has 1 unspecified atom stereocenters. The van der Waals surface area contributed by atoms with Crippen LogP contribution in [0, 0.1) is 0 Å². The van der Waals surface area contributed by atoms with Crippen molar-refractivity contribution in [2.45, 2.75) is 44.6 Å².